The SMILES string of the molecule is CCCCn1nc(C(=O)N/N=C(\C)c2ccc3ccccc3c2O)c2ccccc2c1=O. The standard InChI is InChI=1S/C25H24N4O3/c1-3-4-15-29-25(32)21-12-8-7-11-20(21)22(28-29)24(31)27-26-16(2)18-14-13-17-9-5-6-10-19(17)23(18)30/h5-14,30H,3-4,15H2,1-2H3,(H,27,31)/b26-16+. The summed E-state index contributed by atoms with van der Waals surface area (Å²) in [6.07, 6.45) is 1.69. The van der Waals surface area contributed by atoms with Gasteiger partial charge < -0.3 is 5.11 Å². The van der Waals surface area contributed by atoms with Gasteiger partial charge in [-0.25, -0.2) is 10.1 Å². The summed E-state index contributed by atoms with van der Waals surface area (Å²) >= 11 is 0. The van der Waals surface area contributed by atoms with Gasteiger partial charge in [0.05, 0.1) is 11.1 Å². The first kappa shape index (κ1) is 21.2. The molecule has 0 saturated heterocycles. The number of carbonyl (C=O) groups excluding carboxylic acids is 1. The molecule has 1 amide bonds. The third-order valence-corrected chi connectivity index (χ3v) is 5.42. The highest BCUT2D eigenvalue weighted by Crippen LogP contribution is 2.28. The monoisotopic (exact) mass is 428 g/mol. The highest BCUT2D eigenvalue weighted by atomic mass is 16.3. The second-order valence-electron chi connectivity index (χ2n) is 7.60. The third kappa shape index (κ3) is 3.97. The molecular formula is C25H24N4O3. The zero-order valence-electron chi connectivity index (χ0n) is 18.0. The number of hydrogen-bond donors (Lipinski definition) is 2. The summed E-state index contributed by atoms with van der Waals surface area (Å²) < 4.78 is 1.34. The van der Waals surface area contributed by atoms with E-state index in [0.717, 1.165) is 18.2 Å². The Morgan fingerprint density at radius 2 is 1.72 bits per heavy atom. The molecular weight excluding hydrogens is 404 g/mol. The van der Waals surface area contributed by atoms with E-state index < -0.39 is 5.91 Å². The summed E-state index contributed by atoms with van der Waals surface area (Å²) in [5.74, 6) is -0.415. The Morgan fingerprint density at radius 3 is 2.47 bits per heavy atom. The zero-order chi connectivity index (χ0) is 22.7. The maximum absolute atomic E-state index is 13.0. The maximum Gasteiger partial charge on any atom is 0.292 e. The molecule has 32 heavy (non-hydrogen) atoms. The predicted molar refractivity (Wildman–Crippen MR) is 126 cm³/mol. The largest absolute Gasteiger partial charge is 0.507 e. The van der Waals surface area contributed by atoms with Gasteiger partial charge in [-0.15, -0.1) is 0 Å². The number of phenols is 1. The minimum Gasteiger partial charge on any atom is -0.507 e. The Labute approximate surface area is 185 Å². The minimum atomic E-state index is -0.522. The molecule has 0 bridgehead atoms. The van der Waals surface area contributed by atoms with Gasteiger partial charge in [0.25, 0.3) is 11.5 Å². The molecule has 2 N–H and O–H groups in total. The fraction of sp³-hybridized carbons (Fsp3) is 0.200. The van der Waals surface area contributed by atoms with Gasteiger partial charge in [-0.3, -0.25) is 9.59 Å². The number of rotatable bonds is 6. The minimum absolute atomic E-state index is 0.107. The van der Waals surface area contributed by atoms with Crippen LogP contribution in [0.2, 0.25) is 0 Å². The van der Waals surface area contributed by atoms with Crippen LogP contribution in [0.4, 0.5) is 0 Å². The number of carbonyl (C=O) groups is 1. The van der Waals surface area contributed by atoms with E-state index >= 15 is 0 Å². The van der Waals surface area contributed by atoms with Crippen molar-refractivity contribution in [3.63, 3.8) is 0 Å². The van der Waals surface area contributed by atoms with Crippen LogP contribution in [-0.4, -0.2) is 26.5 Å². The van der Waals surface area contributed by atoms with Gasteiger partial charge in [-0.05, 0) is 30.9 Å². The molecule has 3 aromatic carbocycles. The summed E-state index contributed by atoms with van der Waals surface area (Å²) in [7, 11) is 0. The van der Waals surface area contributed by atoms with Crippen molar-refractivity contribution >= 4 is 33.2 Å². The number of hydrogen-bond acceptors (Lipinski definition) is 5. The Kier molecular flexibility index (Phi) is 5.98. The number of aromatic hydroxyl groups is 1. The number of aryl methyl sites for hydroxylation is 1. The van der Waals surface area contributed by atoms with Gasteiger partial charge in [0.2, 0.25) is 0 Å². The van der Waals surface area contributed by atoms with Crippen molar-refractivity contribution in [2.75, 3.05) is 0 Å². The lowest BCUT2D eigenvalue weighted by Crippen LogP contribution is -2.29. The summed E-state index contributed by atoms with van der Waals surface area (Å²) in [4.78, 5) is 25.7. The summed E-state index contributed by atoms with van der Waals surface area (Å²) in [5, 5.41) is 21.7. The smallest absolute Gasteiger partial charge is 0.292 e. The van der Waals surface area contributed by atoms with E-state index in [0.29, 0.717) is 34.0 Å². The topological polar surface area (TPSA) is 96.6 Å². The highest BCUT2D eigenvalue weighted by molar-refractivity contribution is 6.08. The van der Waals surface area contributed by atoms with Crippen molar-refractivity contribution in [2.24, 2.45) is 5.10 Å². The molecule has 0 saturated carbocycles. The molecule has 7 nitrogen and oxygen atoms in total. The van der Waals surface area contributed by atoms with Gasteiger partial charge in [0.1, 0.15) is 5.75 Å². The lowest BCUT2D eigenvalue weighted by atomic mass is 10.0. The first-order valence-electron chi connectivity index (χ1n) is 10.6. The average molecular weight is 428 g/mol. The van der Waals surface area contributed by atoms with E-state index in [4.69, 9.17) is 0 Å². The second kappa shape index (κ2) is 9.01. The van der Waals surface area contributed by atoms with Crippen molar-refractivity contribution in [2.45, 2.75) is 33.2 Å². The predicted octanol–water partition coefficient (Wildman–Crippen LogP) is 4.21. The lowest BCUT2D eigenvalue weighted by molar-refractivity contribution is 0.0949. The van der Waals surface area contributed by atoms with E-state index in [1.807, 2.05) is 37.3 Å². The van der Waals surface area contributed by atoms with Crippen molar-refractivity contribution < 1.29 is 9.90 Å². The van der Waals surface area contributed by atoms with Crippen LogP contribution in [0.15, 0.2) is 70.6 Å². The lowest BCUT2D eigenvalue weighted by Gasteiger charge is -2.11. The fourth-order valence-electron chi connectivity index (χ4n) is 3.66. The molecule has 4 rings (SSSR count). The van der Waals surface area contributed by atoms with Crippen molar-refractivity contribution in [1.29, 1.82) is 0 Å². The molecule has 0 atom stereocenters. The van der Waals surface area contributed by atoms with Crippen LogP contribution in [0.25, 0.3) is 21.5 Å². The van der Waals surface area contributed by atoms with E-state index in [-0.39, 0.29) is 17.0 Å². The molecule has 0 radical (unpaired) electrons. The number of benzene rings is 3. The van der Waals surface area contributed by atoms with Gasteiger partial charge in [-0.2, -0.15) is 10.2 Å². The van der Waals surface area contributed by atoms with Gasteiger partial charge in [0, 0.05) is 22.9 Å². The number of fused-ring (bicyclic) bond motifs is 2. The molecule has 7 heteroatoms. The second-order valence-corrected chi connectivity index (χ2v) is 7.60. The van der Waals surface area contributed by atoms with Crippen LogP contribution in [0.1, 0.15) is 42.7 Å². The van der Waals surface area contributed by atoms with Crippen LogP contribution in [0.3, 0.4) is 0 Å². The van der Waals surface area contributed by atoms with Crippen LogP contribution < -0.4 is 11.0 Å². The fourth-order valence-corrected chi connectivity index (χ4v) is 3.66. The third-order valence-electron chi connectivity index (χ3n) is 5.42. The Hall–Kier alpha value is -4.00. The quantitative estimate of drug-likeness (QED) is 0.355. The van der Waals surface area contributed by atoms with Gasteiger partial charge in [0.15, 0.2) is 5.69 Å². The van der Waals surface area contributed by atoms with Crippen LogP contribution in [-0.2, 0) is 6.54 Å². The Balaban J connectivity index is 1.68. The Morgan fingerprint density at radius 1 is 1.03 bits per heavy atom. The molecule has 0 unspecified atom stereocenters. The van der Waals surface area contributed by atoms with E-state index in [2.05, 4.69) is 15.6 Å². The highest BCUT2D eigenvalue weighted by Gasteiger charge is 2.17. The Bertz CT molecular complexity index is 1410. The van der Waals surface area contributed by atoms with E-state index in [1.165, 1.54) is 4.68 Å². The first-order valence-corrected chi connectivity index (χ1v) is 10.6. The van der Waals surface area contributed by atoms with Crippen LogP contribution >= 0.6 is 0 Å². The molecule has 162 valence electrons. The zero-order valence-corrected chi connectivity index (χ0v) is 18.0. The number of amides is 1. The van der Waals surface area contributed by atoms with Crippen LogP contribution in [0, 0.1) is 0 Å². The molecule has 0 aliphatic carbocycles. The van der Waals surface area contributed by atoms with Crippen molar-refractivity contribution in [3.05, 3.63) is 82.3 Å². The van der Waals surface area contributed by atoms with E-state index in [9.17, 15) is 14.7 Å². The molecule has 0 aliphatic heterocycles. The summed E-state index contributed by atoms with van der Waals surface area (Å²) in [6, 6.07) is 18.1. The summed E-state index contributed by atoms with van der Waals surface area (Å²) in [5.41, 5.74) is 3.42. The van der Waals surface area contributed by atoms with Crippen LogP contribution in [0.5, 0.6) is 5.75 Å². The summed E-state index contributed by atoms with van der Waals surface area (Å²) in [6.45, 7) is 4.17. The number of nitrogens with zero attached hydrogens (tertiary/aromatic N) is 3. The molecule has 0 fully saturated rings. The first-order chi connectivity index (χ1) is 15.5. The molecule has 1 heterocycles. The molecule has 0 spiro atoms. The normalized spacial score (nSPS) is 11.8. The molecule has 0 aliphatic rings. The number of hydrazone groups is 1. The van der Waals surface area contributed by atoms with Gasteiger partial charge >= 0.3 is 0 Å². The number of phenolic OH excluding ortho intramolecular Hbond substituents is 1. The molecule has 1 aromatic heterocycles. The number of aromatic nitrogens is 2. The number of unbranched alkanes of at least 4 members (excludes halogenated alkanes) is 1. The van der Waals surface area contributed by atoms with E-state index in [1.54, 1.807) is 37.3 Å². The van der Waals surface area contributed by atoms with Crippen molar-refractivity contribution in [3.8, 4) is 5.75 Å². The molecule has 4 aromatic rings. The number of nitrogens with one attached hydrogen (secondary N) is 1. The van der Waals surface area contributed by atoms with Crippen molar-refractivity contribution in [1.82, 2.24) is 15.2 Å². The van der Waals surface area contributed by atoms with Gasteiger partial charge in [-0.1, -0.05) is 61.9 Å². The average Bonchev–Trinajstić information content (AvgIpc) is 2.82. The maximum atomic E-state index is 13.0.